The molecule has 0 spiro atoms. The van der Waals surface area contributed by atoms with Gasteiger partial charge in [0.15, 0.2) is 0 Å². The van der Waals surface area contributed by atoms with Gasteiger partial charge < -0.3 is 5.11 Å². The summed E-state index contributed by atoms with van der Waals surface area (Å²) in [5.41, 5.74) is 2.38. The lowest BCUT2D eigenvalue weighted by Gasteiger charge is -2.18. The number of hydrogen-bond donors (Lipinski definition) is 1. The van der Waals surface area contributed by atoms with Crippen molar-refractivity contribution in [2.45, 2.75) is 31.3 Å². The first-order chi connectivity index (χ1) is 6.92. The van der Waals surface area contributed by atoms with Crippen LogP contribution in [0, 0.1) is 6.92 Å². The molecule has 0 radical (unpaired) electrons. The minimum absolute atomic E-state index is 0.719. The van der Waals surface area contributed by atoms with Crippen LogP contribution in [0.2, 0.25) is 0 Å². The van der Waals surface area contributed by atoms with Crippen LogP contribution >= 0.6 is 11.8 Å². The van der Waals surface area contributed by atoms with Crippen molar-refractivity contribution in [2.75, 3.05) is 0 Å². The molecule has 0 aliphatic heterocycles. The number of rotatable bonds is 4. The molecule has 82 valence electrons. The van der Waals surface area contributed by atoms with E-state index in [-0.39, 0.29) is 0 Å². The molecular weight excluding hydrogens is 208 g/mol. The fraction of sp³-hybridized carbons (Fsp3) is 0.417. The molecule has 1 N–H and O–H groups in total. The maximum atomic E-state index is 10.9. The zero-order valence-corrected chi connectivity index (χ0v) is 10.1. The summed E-state index contributed by atoms with van der Waals surface area (Å²) in [5.74, 6) is -0.0267. The van der Waals surface area contributed by atoms with Crippen molar-refractivity contribution in [3.05, 3.63) is 35.4 Å². The zero-order chi connectivity index (χ0) is 11.5. The van der Waals surface area contributed by atoms with Gasteiger partial charge in [-0.25, -0.2) is 0 Å². The molecular formula is C12H16O2S. The molecule has 1 aromatic rings. The number of aliphatic carboxylic acids is 1. The topological polar surface area (TPSA) is 37.3 Å². The lowest BCUT2D eigenvalue weighted by Crippen LogP contribution is -2.27. The minimum atomic E-state index is -0.764. The monoisotopic (exact) mass is 224 g/mol. The summed E-state index contributed by atoms with van der Waals surface area (Å²) in [6.07, 6.45) is 0. The van der Waals surface area contributed by atoms with Gasteiger partial charge in [0.1, 0.15) is 4.75 Å². The molecule has 0 saturated heterocycles. The second-order valence-corrected chi connectivity index (χ2v) is 5.69. The summed E-state index contributed by atoms with van der Waals surface area (Å²) in [4.78, 5) is 10.9. The smallest absolute Gasteiger partial charge is 0.319 e. The average molecular weight is 224 g/mol. The molecule has 1 rings (SSSR count). The van der Waals surface area contributed by atoms with Gasteiger partial charge in [0.05, 0.1) is 0 Å². The predicted octanol–water partition coefficient (Wildman–Crippen LogP) is 3.09. The Morgan fingerprint density at radius 2 is 2.13 bits per heavy atom. The molecule has 0 bridgehead atoms. The molecule has 15 heavy (non-hydrogen) atoms. The van der Waals surface area contributed by atoms with E-state index < -0.39 is 10.7 Å². The average Bonchev–Trinajstić information content (AvgIpc) is 2.15. The van der Waals surface area contributed by atoms with E-state index in [2.05, 4.69) is 6.07 Å². The van der Waals surface area contributed by atoms with Gasteiger partial charge in [0.2, 0.25) is 0 Å². The highest BCUT2D eigenvalue weighted by molar-refractivity contribution is 8.00. The van der Waals surface area contributed by atoms with Crippen LogP contribution in [0.4, 0.5) is 0 Å². The number of aryl methyl sites for hydroxylation is 1. The zero-order valence-electron chi connectivity index (χ0n) is 9.28. The van der Waals surface area contributed by atoms with Crippen LogP contribution in [0.3, 0.4) is 0 Å². The standard InChI is InChI=1S/C12H16O2S/c1-9-5-4-6-10(7-9)8-15-12(2,3)11(13)14/h4-7H,8H2,1-3H3,(H,13,14). The third kappa shape index (κ3) is 3.59. The van der Waals surface area contributed by atoms with Crippen LogP contribution in [-0.2, 0) is 10.5 Å². The summed E-state index contributed by atoms with van der Waals surface area (Å²) in [7, 11) is 0. The Labute approximate surface area is 94.7 Å². The molecule has 3 heteroatoms. The van der Waals surface area contributed by atoms with Gasteiger partial charge in [-0.1, -0.05) is 29.8 Å². The van der Waals surface area contributed by atoms with Crippen LogP contribution in [0.1, 0.15) is 25.0 Å². The molecule has 0 unspecified atom stereocenters. The van der Waals surface area contributed by atoms with Gasteiger partial charge in [0, 0.05) is 5.75 Å². The van der Waals surface area contributed by atoms with Crippen molar-refractivity contribution >= 4 is 17.7 Å². The number of carboxylic acids is 1. The molecule has 0 aliphatic carbocycles. The third-order valence-corrected chi connectivity index (χ3v) is 3.57. The lowest BCUT2D eigenvalue weighted by atomic mass is 10.2. The number of benzene rings is 1. The Kier molecular flexibility index (Phi) is 3.80. The molecule has 0 heterocycles. The van der Waals surface area contributed by atoms with Gasteiger partial charge in [0.25, 0.3) is 0 Å². The van der Waals surface area contributed by atoms with Crippen molar-refractivity contribution in [3.63, 3.8) is 0 Å². The third-order valence-electron chi connectivity index (χ3n) is 2.20. The van der Waals surface area contributed by atoms with Crippen molar-refractivity contribution in [3.8, 4) is 0 Å². The Balaban J connectivity index is 2.61. The lowest BCUT2D eigenvalue weighted by molar-refractivity contribution is -0.138. The van der Waals surface area contributed by atoms with Crippen LogP contribution in [-0.4, -0.2) is 15.8 Å². The van der Waals surface area contributed by atoms with E-state index in [0.29, 0.717) is 0 Å². The minimum Gasteiger partial charge on any atom is -0.480 e. The van der Waals surface area contributed by atoms with Gasteiger partial charge in [-0.15, -0.1) is 11.8 Å². The van der Waals surface area contributed by atoms with Crippen LogP contribution in [0.5, 0.6) is 0 Å². The molecule has 1 aromatic carbocycles. The summed E-state index contributed by atoms with van der Waals surface area (Å²) >= 11 is 1.45. The van der Waals surface area contributed by atoms with Crippen molar-refractivity contribution in [2.24, 2.45) is 0 Å². The van der Waals surface area contributed by atoms with Crippen molar-refractivity contribution in [1.82, 2.24) is 0 Å². The van der Waals surface area contributed by atoms with Crippen molar-refractivity contribution < 1.29 is 9.90 Å². The Bertz CT molecular complexity index is 358. The first-order valence-electron chi connectivity index (χ1n) is 4.85. The van der Waals surface area contributed by atoms with Crippen LogP contribution < -0.4 is 0 Å². The van der Waals surface area contributed by atoms with Crippen molar-refractivity contribution in [1.29, 1.82) is 0 Å². The summed E-state index contributed by atoms with van der Waals surface area (Å²) < 4.78 is -0.719. The summed E-state index contributed by atoms with van der Waals surface area (Å²) in [6, 6.07) is 8.15. The number of carbonyl (C=O) groups is 1. The highest BCUT2D eigenvalue weighted by atomic mass is 32.2. The van der Waals surface area contributed by atoms with E-state index >= 15 is 0 Å². The molecule has 0 saturated carbocycles. The van der Waals surface area contributed by atoms with Gasteiger partial charge in [-0.3, -0.25) is 4.79 Å². The Hall–Kier alpha value is -0.960. The van der Waals surface area contributed by atoms with Gasteiger partial charge >= 0.3 is 5.97 Å². The fourth-order valence-electron chi connectivity index (χ4n) is 1.13. The number of thioether (sulfide) groups is 1. The van der Waals surface area contributed by atoms with Crippen LogP contribution in [0.15, 0.2) is 24.3 Å². The Morgan fingerprint density at radius 3 is 2.67 bits per heavy atom. The second-order valence-electron chi connectivity index (χ2n) is 4.09. The first-order valence-corrected chi connectivity index (χ1v) is 5.83. The first kappa shape index (κ1) is 12.1. The SMILES string of the molecule is Cc1cccc(CSC(C)(C)C(=O)O)c1. The van der Waals surface area contributed by atoms with Crippen LogP contribution in [0.25, 0.3) is 0 Å². The molecule has 0 atom stereocenters. The summed E-state index contributed by atoms with van der Waals surface area (Å²) in [6.45, 7) is 5.50. The van der Waals surface area contributed by atoms with E-state index in [9.17, 15) is 4.79 Å². The maximum Gasteiger partial charge on any atom is 0.319 e. The molecule has 2 nitrogen and oxygen atoms in total. The normalized spacial score (nSPS) is 11.4. The molecule has 0 aliphatic rings. The molecule has 0 amide bonds. The van der Waals surface area contributed by atoms with E-state index in [0.717, 1.165) is 5.75 Å². The molecule has 0 aromatic heterocycles. The number of carboxylic acid groups (broad SMARTS) is 1. The quantitative estimate of drug-likeness (QED) is 0.854. The van der Waals surface area contributed by atoms with E-state index in [1.807, 2.05) is 25.1 Å². The van der Waals surface area contributed by atoms with E-state index in [4.69, 9.17) is 5.11 Å². The van der Waals surface area contributed by atoms with Gasteiger partial charge in [-0.05, 0) is 26.3 Å². The maximum absolute atomic E-state index is 10.9. The summed E-state index contributed by atoms with van der Waals surface area (Å²) in [5, 5.41) is 8.95. The van der Waals surface area contributed by atoms with E-state index in [1.165, 1.54) is 22.9 Å². The molecule has 0 fully saturated rings. The van der Waals surface area contributed by atoms with Gasteiger partial charge in [-0.2, -0.15) is 0 Å². The largest absolute Gasteiger partial charge is 0.480 e. The Morgan fingerprint density at radius 1 is 1.47 bits per heavy atom. The second kappa shape index (κ2) is 4.71. The highest BCUT2D eigenvalue weighted by Gasteiger charge is 2.27. The predicted molar refractivity (Wildman–Crippen MR) is 64.2 cm³/mol. The highest BCUT2D eigenvalue weighted by Crippen LogP contribution is 2.28. The fourth-order valence-corrected chi connectivity index (χ4v) is 1.96. The number of hydrogen-bond acceptors (Lipinski definition) is 2. The van der Waals surface area contributed by atoms with E-state index in [1.54, 1.807) is 13.8 Å².